The molecule has 1 N–H and O–H groups in total. The fraction of sp³-hybridized carbons (Fsp3) is 0.727. The van der Waals surface area contributed by atoms with Gasteiger partial charge in [-0.2, -0.15) is 5.10 Å². The Bertz CT molecular complexity index is 279. The smallest absolute Gasteiger partial charge is 0.0622 e. The third-order valence-corrected chi connectivity index (χ3v) is 2.50. The Kier molecular flexibility index (Phi) is 3.69. The van der Waals surface area contributed by atoms with E-state index in [0.29, 0.717) is 0 Å². The zero-order valence-corrected chi connectivity index (χ0v) is 9.32. The van der Waals surface area contributed by atoms with Crippen LogP contribution in [0.3, 0.4) is 0 Å². The van der Waals surface area contributed by atoms with Crippen LogP contribution in [-0.4, -0.2) is 20.5 Å². The monoisotopic (exact) mass is 196 g/mol. The van der Waals surface area contributed by atoms with Crippen molar-refractivity contribution in [2.75, 3.05) is 0 Å². The van der Waals surface area contributed by atoms with Crippen molar-refractivity contribution < 1.29 is 5.11 Å². The van der Waals surface area contributed by atoms with Gasteiger partial charge in [0.25, 0.3) is 0 Å². The molecule has 1 unspecified atom stereocenters. The van der Waals surface area contributed by atoms with Gasteiger partial charge in [-0.15, -0.1) is 0 Å². The molecule has 1 atom stereocenters. The molecule has 1 heterocycles. The van der Waals surface area contributed by atoms with E-state index in [9.17, 15) is 5.11 Å². The van der Waals surface area contributed by atoms with Crippen molar-refractivity contribution >= 4 is 0 Å². The van der Waals surface area contributed by atoms with Crippen molar-refractivity contribution in [3.05, 3.63) is 18.0 Å². The Morgan fingerprint density at radius 3 is 2.71 bits per heavy atom. The quantitative estimate of drug-likeness (QED) is 0.781. The summed E-state index contributed by atoms with van der Waals surface area (Å²) in [5.74, 6) is 0. The van der Waals surface area contributed by atoms with Gasteiger partial charge in [0, 0.05) is 13.2 Å². The Labute approximate surface area is 85.8 Å². The first-order valence-corrected chi connectivity index (χ1v) is 5.23. The summed E-state index contributed by atoms with van der Waals surface area (Å²) in [6.07, 6.45) is 7.48. The van der Waals surface area contributed by atoms with Crippen LogP contribution in [0.1, 0.15) is 38.7 Å². The minimum absolute atomic E-state index is 0.523. The highest BCUT2D eigenvalue weighted by Crippen LogP contribution is 2.18. The molecular formula is C11H20N2O. The van der Waals surface area contributed by atoms with Gasteiger partial charge in [0.05, 0.1) is 11.8 Å². The number of nitrogens with zero attached hydrogens (tertiary/aromatic N) is 2. The molecule has 1 rings (SSSR count). The number of aryl methyl sites for hydroxylation is 2. The molecule has 0 aliphatic heterocycles. The molecule has 0 amide bonds. The second-order valence-electron chi connectivity index (χ2n) is 4.27. The van der Waals surface area contributed by atoms with Crippen molar-refractivity contribution in [1.82, 2.24) is 9.78 Å². The molecule has 0 fully saturated rings. The van der Waals surface area contributed by atoms with E-state index in [2.05, 4.69) is 12.0 Å². The topological polar surface area (TPSA) is 38.1 Å². The summed E-state index contributed by atoms with van der Waals surface area (Å²) in [6, 6.07) is 0. The maximum atomic E-state index is 9.96. The van der Waals surface area contributed by atoms with Crippen LogP contribution in [-0.2, 0) is 13.5 Å². The summed E-state index contributed by atoms with van der Waals surface area (Å²) in [4.78, 5) is 0. The first kappa shape index (κ1) is 11.2. The third kappa shape index (κ3) is 3.50. The molecule has 0 aliphatic carbocycles. The van der Waals surface area contributed by atoms with Crippen LogP contribution in [0.15, 0.2) is 12.4 Å². The van der Waals surface area contributed by atoms with E-state index in [-0.39, 0.29) is 0 Å². The molecule has 1 aromatic heterocycles. The van der Waals surface area contributed by atoms with Crippen molar-refractivity contribution in [2.45, 2.75) is 45.1 Å². The highest BCUT2D eigenvalue weighted by atomic mass is 16.3. The van der Waals surface area contributed by atoms with Crippen LogP contribution in [0, 0.1) is 0 Å². The summed E-state index contributed by atoms with van der Waals surface area (Å²) in [6.45, 7) is 4.01. The van der Waals surface area contributed by atoms with Crippen LogP contribution in [0.4, 0.5) is 0 Å². The molecule has 3 heteroatoms. The summed E-state index contributed by atoms with van der Waals surface area (Å²) in [5.41, 5.74) is 0.675. The van der Waals surface area contributed by atoms with Crippen molar-refractivity contribution in [3.8, 4) is 0 Å². The average molecular weight is 196 g/mol. The van der Waals surface area contributed by atoms with Gasteiger partial charge in [-0.1, -0.05) is 13.3 Å². The van der Waals surface area contributed by atoms with Gasteiger partial charge in [0.15, 0.2) is 0 Å². The Morgan fingerprint density at radius 2 is 2.21 bits per heavy atom. The van der Waals surface area contributed by atoms with Crippen LogP contribution in [0.25, 0.3) is 0 Å². The van der Waals surface area contributed by atoms with E-state index in [1.165, 1.54) is 5.56 Å². The fourth-order valence-corrected chi connectivity index (χ4v) is 1.68. The molecule has 0 radical (unpaired) electrons. The van der Waals surface area contributed by atoms with E-state index in [4.69, 9.17) is 0 Å². The van der Waals surface area contributed by atoms with E-state index >= 15 is 0 Å². The summed E-state index contributed by atoms with van der Waals surface area (Å²) in [5, 5.41) is 14.1. The predicted octanol–water partition coefficient (Wildman–Crippen LogP) is 1.90. The van der Waals surface area contributed by atoms with Gasteiger partial charge >= 0.3 is 0 Å². The highest BCUT2D eigenvalue weighted by Gasteiger charge is 2.18. The lowest BCUT2D eigenvalue weighted by molar-refractivity contribution is 0.0416. The SMILES string of the molecule is CCCC(C)(O)CCc1cnn(C)c1. The molecule has 0 saturated heterocycles. The normalized spacial score (nSPS) is 15.4. The number of hydrogen-bond donors (Lipinski definition) is 1. The molecule has 80 valence electrons. The van der Waals surface area contributed by atoms with Crippen molar-refractivity contribution in [2.24, 2.45) is 7.05 Å². The number of aromatic nitrogens is 2. The molecule has 0 aromatic carbocycles. The van der Waals surface area contributed by atoms with Crippen LogP contribution in [0.2, 0.25) is 0 Å². The largest absolute Gasteiger partial charge is 0.390 e. The molecule has 0 saturated carbocycles. The van der Waals surface area contributed by atoms with Crippen molar-refractivity contribution in [1.29, 1.82) is 0 Å². The standard InChI is InChI=1S/C11H20N2O/c1-4-6-11(2,14)7-5-10-8-12-13(3)9-10/h8-9,14H,4-7H2,1-3H3. The lowest BCUT2D eigenvalue weighted by atomic mass is 9.93. The zero-order chi connectivity index (χ0) is 10.6. The first-order valence-electron chi connectivity index (χ1n) is 5.23. The first-order chi connectivity index (χ1) is 6.53. The van der Waals surface area contributed by atoms with Gasteiger partial charge in [-0.3, -0.25) is 4.68 Å². The second kappa shape index (κ2) is 4.60. The fourth-order valence-electron chi connectivity index (χ4n) is 1.68. The van der Waals surface area contributed by atoms with Crippen LogP contribution < -0.4 is 0 Å². The summed E-state index contributed by atoms with van der Waals surface area (Å²) >= 11 is 0. The minimum Gasteiger partial charge on any atom is -0.390 e. The molecular weight excluding hydrogens is 176 g/mol. The Hall–Kier alpha value is -0.830. The van der Waals surface area contributed by atoms with Gasteiger partial charge in [-0.05, 0) is 31.7 Å². The maximum absolute atomic E-state index is 9.96. The molecule has 1 aromatic rings. The van der Waals surface area contributed by atoms with Crippen molar-refractivity contribution in [3.63, 3.8) is 0 Å². The zero-order valence-electron chi connectivity index (χ0n) is 9.32. The van der Waals surface area contributed by atoms with E-state index < -0.39 is 5.60 Å². The Balaban J connectivity index is 2.40. The second-order valence-corrected chi connectivity index (χ2v) is 4.27. The van der Waals surface area contributed by atoms with E-state index in [0.717, 1.165) is 25.7 Å². The molecule has 14 heavy (non-hydrogen) atoms. The van der Waals surface area contributed by atoms with E-state index in [1.807, 2.05) is 26.4 Å². The molecule has 0 bridgehead atoms. The third-order valence-electron chi connectivity index (χ3n) is 2.50. The summed E-state index contributed by atoms with van der Waals surface area (Å²) in [7, 11) is 1.91. The number of aliphatic hydroxyl groups is 1. The van der Waals surface area contributed by atoms with E-state index in [1.54, 1.807) is 4.68 Å². The van der Waals surface area contributed by atoms with Gasteiger partial charge in [-0.25, -0.2) is 0 Å². The van der Waals surface area contributed by atoms with Crippen LogP contribution in [0.5, 0.6) is 0 Å². The minimum atomic E-state index is -0.523. The van der Waals surface area contributed by atoms with Gasteiger partial charge in [0.2, 0.25) is 0 Å². The summed E-state index contributed by atoms with van der Waals surface area (Å²) < 4.78 is 1.80. The highest BCUT2D eigenvalue weighted by molar-refractivity contribution is 5.04. The number of rotatable bonds is 5. The lowest BCUT2D eigenvalue weighted by Gasteiger charge is -2.21. The number of hydrogen-bond acceptors (Lipinski definition) is 2. The van der Waals surface area contributed by atoms with Gasteiger partial charge in [0.1, 0.15) is 0 Å². The van der Waals surface area contributed by atoms with Gasteiger partial charge < -0.3 is 5.11 Å². The lowest BCUT2D eigenvalue weighted by Crippen LogP contribution is -2.24. The van der Waals surface area contributed by atoms with Crippen LogP contribution >= 0.6 is 0 Å². The molecule has 0 aliphatic rings. The molecule has 3 nitrogen and oxygen atoms in total. The predicted molar refractivity (Wildman–Crippen MR) is 57.1 cm³/mol. The average Bonchev–Trinajstić information content (AvgIpc) is 2.48. The molecule has 0 spiro atoms. The maximum Gasteiger partial charge on any atom is 0.0622 e. The Morgan fingerprint density at radius 1 is 1.50 bits per heavy atom.